The Morgan fingerprint density at radius 3 is 2.62 bits per heavy atom. The number of phenolic OH excluding ortho intramolecular Hbond substituents is 1. The first-order chi connectivity index (χ1) is 12.7. The predicted octanol–water partition coefficient (Wildman–Crippen LogP) is 2.67. The molecule has 0 bridgehead atoms. The van der Waals surface area contributed by atoms with Crippen LogP contribution in [0.4, 0.5) is 5.95 Å². The molecular formula is C18H15N7O. The van der Waals surface area contributed by atoms with Crippen LogP contribution in [0.2, 0.25) is 0 Å². The number of aromatic nitrogens is 5. The van der Waals surface area contributed by atoms with E-state index in [1.54, 1.807) is 22.9 Å². The third-order valence-corrected chi connectivity index (χ3v) is 3.77. The van der Waals surface area contributed by atoms with Crippen LogP contribution in [0.15, 0.2) is 59.7 Å². The van der Waals surface area contributed by atoms with Gasteiger partial charge in [0.05, 0.1) is 17.6 Å². The molecule has 0 unspecified atom stereocenters. The highest BCUT2D eigenvalue weighted by atomic mass is 16.3. The Morgan fingerprint density at radius 2 is 1.81 bits per heavy atom. The van der Waals surface area contributed by atoms with Gasteiger partial charge in [0.25, 0.3) is 5.95 Å². The van der Waals surface area contributed by atoms with Crippen LogP contribution in [0.25, 0.3) is 16.9 Å². The Hall–Kier alpha value is -3.81. The normalized spacial score (nSPS) is 11.3. The first kappa shape index (κ1) is 15.7. The van der Waals surface area contributed by atoms with Gasteiger partial charge in [-0.1, -0.05) is 30.3 Å². The maximum atomic E-state index is 9.74. The Balaban J connectivity index is 1.66. The number of nitrogens with zero attached hydrogens (tertiary/aromatic N) is 6. The summed E-state index contributed by atoms with van der Waals surface area (Å²) in [5.74, 6) is 0.381. The van der Waals surface area contributed by atoms with Crippen molar-refractivity contribution in [2.24, 2.45) is 5.10 Å². The molecule has 0 spiro atoms. The van der Waals surface area contributed by atoms with Crippen molar-refractivity contribution in [2.45, 2.75) is 6.92 Å². The first-order valence-electron chi connectivity index (χ1n) is 7.95. The van der Waals surface area contributed by atoms with E-state index in [1.165, 1.54) is 6.21 Å². The van der Waals surface area contributed by atoms with Crippen molar-refractivity contribution in [1.82, 2.24) is 25.0 Å². The quantitative estimate of drug-likeness (QED) is 0.435. The minimum Gasteiger partial charge on any atom is -0.507 e. The number of aromatic hydroxyl groups is 1. The maximum Gasteiger partial charge on any atom is 0.265 e. The highest BCUT2D eigenvalue weighted by molar-refractivity contribution is 5.83. The third-order valence-electron chi connectivity index (χ3n) is 3.77. The monoisotopic (exact) mass is 345 g/mol. The summed E-state index contributed by atoms with van der Waals surface area (Å²) in [5, 5.41) is 26.5. The van der Waals surface area contributed by atoms with E-state index in [0.29, 0.717) is 16.7 Å². The molecule has 0 aliphatic rings. The lowest BCUT2D eigenvalue weighted by molar-refractivity contribution is 0.474. The Kier molecular flexibility index (Phi) is 3.98. The molecule has 0 amide bonds. The molecule has 4 rings (SSSR count). The van der Waals surface area contributed by atoms with Gasteiger partial charge in [0.2, 0.25) is 0 Å². The van der Waals surface area contributed by atoms with Gasteiger partial charge in [0.1, 0.15) is 5.75 Å². The summed E-state index contributed by atoms with van der Waals surface area (Å²) in [6.45, 7) is 1.86. The molecule has 8 nitrogen and oxygen atoms in total. The average molecular weight is 345 g/mol. The molecule has 2 aromatic heterocycles. The predicted molar refractivity (Wildman–Crippen MR) is 98.5 cm³/mol. The van der Waals surface area contributed by atoms with Crippen LogP contribution in [0, 0.1) is 6.92 Å². The number of fused-ring (bicyclic) bond motifs is 1. The van der Waals surface area contributed by atoms with Crippen molar-refractivity contribution in [1.29, 1.82) is 0 Å². The fourth-order valence-electron chi connectivity index (χ4n) is 2.50. The van der Waals surface area contributed by atoms with Crippen molar-refractivity contribution in [2.75, 3.05) is 5.43 Å². The molecule has 128 valence electrons. The van der Waals surface area contributed by atoms with E-state index < -0.39 is 0 Å². The number of benzene rings is 2. The SMILES string of the molecule is Cc1nn(-c2ccccc2)c2nc(N/N=C/c3ccccc3O)nnc12. The first-order valence-corrected chi connectivity index (χ1v) is 7.95. The molecule has 0 atom stereocenters. The summed E-state index contributed by atoms with van der Waals surface area (Å²) in [6.07, 6.45) is 1.49. The molecule has 2 heterocycles. The fourth-order valence-corrected chi connectivity index (χ4v) is 2.50. The van der Waals surface area contributed by atoms with Gasteiger partial charge in [-0.15, -0.1) is 10.2 Å². The number of hydrazone groups is 1. The van der Waals surface area contributed by atoms with Gasteiger partial charge in [0, 0.05) is 5.56 Å². The summed E-state index contributed by atoms with van der Waals surface area (Å²) in [5.41, 5.74) is 6.16. The molecule has 0 saturated heterocycles. The number of hydrogen-bond donors (Lipinski definition) is 2. The summed E-state index contributed by atoms with van der Waals surface area (Å²) < 4.78 is 1.72. The molecule has 2 aromatic carbocycles. The van der Waals surface area contributed by atoms with Crippen LogP contribution in [-0.2, 0) is 0 Å². The number of aryl methyl sites for hydroxylation is 1. The van der Waals surface area contributed by atoms with Gasteiger partial charge in [-0.05, 0) is 31.2 Å². The number of anilines is 1. The summed E-state index contributed by atoms with van der Waals surface area (Å²) in [4.78, 5) is 4.47. The van der Waals surface area contributed by atoms with Gasteiger partial charge in [-0.25, -0.2) is 10.1 Å². The molecule has 0 saturated carbocycles. The average Bonchev–Trinajstić information content (AvgIpc) is 3.00. The smallest absolute Gasteiger partial charge is 0.265 e. The minimum atomic E-state index is 0.144. The largest absolute Gasteiger partial charge is 0.507 e. The fraction of sp³-hybridized carbons (Fsp3) is 0.0556. The molecule has 8 heteroatoms. The number of hydrogen-bond acceptors (Lipinski definition) is 7. The van der Waals surface area contributed by atoms with Crippen LogP contribution in [-0.4, -0.2) is 36.3 Å². The van der Waals surface area contributed by atoms with Gasteiger partial charge >= 0.3 is 0 Å². The second kappa shape index (κ2) is 6.60. The van der Waals surface area contributed by atoms with E-state index in [4.69, 9.17) is 0 Å². The maximum absolute atomic E-state index is 9.74. The van der Waals surface area contributed by atoms with E-state index in [-0.39, 0.29) is 11.7 Å². The zero-order chi connectivity index (χ0) is 17.9. The van der Waals surface area contributed by atoms with Gasteiger partial charge in [-0.3, -0.25) is 0 Å². The van der Waals surface area contributed by atoms with Crippen LogP contribution >= 0.6 is 0 Å². The van der Waals surface area contributed by atoms with E-state index in [9.17, 15) is 5.11 Å². The zero-order valence-electron chi connectivity index (χ0n) is 13.9. The molecule has 26 heavy (non-hydrogen) atoms. The molecule has 0 aliphatic heterocycles. The van der Waals surface area contributed by atoms with Crippen LogP contribution in [0.3, 0.4) is 0 Å². The third kappa shape index (κ3) is 2.95. The number of rotatable bonds is 4. The number of nitrogens with one attached hydrogen (secondary N) is 1. The highest BCUT2D eigenvalue weighted by Crippen LogP contribution is 2.18. The molecule has 0 fully saturated rings. The highest BCUT2D eigenvalue weighted by Gasteiger charge is 2.13. The van der Waals surface area contributed by atoms with Crippen molar-refractivity contribution < 1.29 is 5.11 Å². The van der Waals surface area contributed by atoms with E-state index >= 15 is 0 Å². The summed E-state index contributed by atoms with van der Waals surface area (Å²) in [7, 11) is 0. The Bertz CT molecular complexity index is 1090. The number of para-hydroxylation sites is 2. The van der Waals surface area contributed by atoms with Crippen LogP contribution in [0.5, 0.6) is 5.75 Å². The van der Waals surface area contributed by atoms with E-state index in [1.807, 2.05) is 43.3 Å². The Labute approximate surface area is 148 Å². The van der Waals surface area contributed by atoms with Crippen molar-refractivity contribution in [3.05, 3.63) is 65.9 Å². The van der Waals surface area contributed by atoms with Crippen molar-refractivity contribution >= 4 is 23.3 Å². The second-order valence-electron chi connectivity index (χ2n) is 5.57. The topological polar surface area (TPSA) is 101 Å². The molecular weight excluding hydrogens is 330 g/mol. The number of phenols is 1. The van der Waals surface area contributed by atoms with E-state index in [2.05, 4.69) is 30.8 Å². The summed E-state index contributed by atoms with van der Waals surface area (Å²) >= 11 is 0. The van der Waals surface area contributed by atoms with Crippen LogP contribution < -0.4 is 5.43 Å². The van der Waals surface area contributed by atoms with Gasteiger partial charge in [-0.2, -0.15) is 15.2 Å². The van der Waals surface area contributed by atoms with Crippen molar-refractivity contribution in [3.8, 4) is 11.4 Å². The molecule has 4 aromatic rings. The van der Waals surface area contributed by atoms with Crippen LogP contribution in [0.1, 0.15) is 11.3 Å². The molecule has 0 radical (unpaired) electrons. The standard InChI is InChI=1S/C18H15N7O/c1-12-16-17(25(24-12)14-8-3-2-4-9-14)20-18(23-21-16)22-19-11-13-7-5-6-10-15(13)26/h2-11,26H,1H3,(H,20,22,23)/b19-11+. The second-order valence-corrected chi connectivity index (χ2v) is 5.57. The lowest BCUT2D eigenvalue weighted by Gasteiger charge is -2.03. The zero-order valence-corrected chi connectivity index (χ0v) is 13.9. The Morgan fingerprint density at radius 1 is 1.04 bits per heavy atom. The molecule has 2 N–H and O–H groups in total. The van der Waals surface area contributed by atoms with E-state index in [0.717, 1.165) is 11.4 Å². The lowest BCUT2D eigenvalue weighted by atomic mass is 10.2. The molecule has 0 aliphatic carbocycles. The summed E-state index contributed by atoms with van der Waals surface area (Å²) in [6, 6.07) is 16.6. The lowest BCUT2D eigenvalue weighted by Crippen LogP contribution is -2.02. The van der Waals surface area contributed by atoms with Gasteiger partial charge < -0.3 is 5.11 Å². The van der Waals surface area contributed by atoms with Crippen molar-refractivity contribution in [3.63, 3.8) is 0 Å². The van der Waals surface area contributed by atoms with Gasteiger partial charge in [0.15, 0.2) is 11.2 Å². The minimum absolute atomic E-state index is 0.144.